The first-order valence-corrected chi connectivity index (χ1v) is 9.51. The number of carboxylic acids is 1. The summed E-state index contributed by atoms with van der Waals surface area (Å²) in [5.41, 5.74) is 0.682. The van der Waals surface area contributed by atoms with E-state index in [4.69, 9.17) is 9.56 Å². The minimum Gasteiger partial charge on any atom is -0.478 e. The number of anilines is 1. The molecule has 136 valence electrons. The van der Waals surface area contributed by atoms with Crippen LogP contribution in [0.4, 0.5) is 5.69 Å². The maximum atomic E-state index is 11.9. The van der Waals surface area contributed by atoms with Gasteiger partial charge in [-0.3, -0.25) is 0 Å². The lowest BCUT2D eigenvalue weighted by molar-refractivity contribution is 0.0697. The van der Waals surface area contributed by atoms with Crippen molar-refractivity contribution in [1.82, 2.24) is 0 Å². The van der Waals surface area contributed by atoms with Crippen LogP contribution < -0.4 is 10.5 Å². The Bertz CT molecular complexity index is 844. The van der Waals surface area contributed by atoms with Gasteiger partial charge in [-0.15, -0.1) is 0 Å². The first-order valence-electron chi connectivity index (χ1n) is 7.97. The van der Waals surface area contributed by atoms with Crippen molar-refractivity contribution in [1.29, 1.82) is 0 Å². The average Bonchev–Trinajstić information content (AvgIpc) is 3.05. The number of nitrogens with two attached hydrogens (primary N) is 1. The van der Waals surface area contributed by atoms with Crippen molar-refractivity contribution in [2.24, 2.45) is 5.14 Å². The van der Waals surface area contributed by atoms with Crippen LogP contribution in [0, 0.1) is 0 Å². The fraction of sp³-hybridized carbons (Fsp3) is 0.353. The summed E-state index contributed by atoms with van der Waals surface area (Å²) in [5.74, 6) is -0.594. The van der Waals surface area contributed by atoms with Gasteiger partial charge in [0.05, 0.1) is 22.8 Å². The number of hydrogen-bond donors (Lipinski definition) is 3. The van der Waals surface area contributed by atoms with E-state index in [1.807, 2.05) is 13.8 Å². The number of furan rings is 1. The molecule has 7 nitrogen and oxygen atoms in total. The van der Waals surface area contributed by atoms with E-state index >= 15 is 0 Å². The highest BCUT2D eigenvalue weighted by Gasteiger charge is 2.22. The molecule has 0 fully saturated rings. The van der Waals surface area contributed by atoms with Crippen LogP contribution in [0.25, 0.3) is 0 Å². The van der Waals surface area contributed by atoms with Crippen LogP contribution in [0.1, 0.15) is 54.4 Å². The third-order valence-corrected chi connectivity index (χ3v) is 4.87. The van der Waals surface area contributed by atoms with Crippen LogP contribution in [0.3, 0.4) is 0 Å². The predicted molar refractivity (Wildman–Crippen MR) is 94.1 cm³/mol. The molecule has 0 aliphatic carbocycles. The van der Waals surface area contributed by atoms with E-state index in [1.54, 1.807) is 18.2 Å². The van der Waals surface area contributed by atoms with E-state index in [0.717, 1.165) is 18.9 Å². The Kier molecular flexibility index (Phi) is 5.86. The van der Waals surface area contributed by atoms with E-state index in [9.17, 15) is 18.3 Å². The molecule has 1 heterocycles. The van der Waals surface area contributed by atoms with Gasteiger partial charge < -0.3 is 14.8 Å². The topological polar surface area (TPSA) is 123 Å². The molecule has 0 aliphatic rings. The zero-order valence-corrected chi connectivity index (χ0v) is 15.0. The molecule has 0 aliphatic heterocycles. The quantitative estimate of drug-likeness (QED) is 0.659. The van der Waals surface area contributed by atoms with Gasteiger partial charge >= 0.3 is 5.97 Å². The number of carbonyl (C=O) groups is 1. The molecule has 25 heavy (non-hydrogen) atoms. The van der Waals surface area contributed by atoms with Gasteiger partial charge in [0.1, 0.15) is 5.76 Å². The summed E-state index contributed by atoms with van der Waals surface area (Å²) in [4.78, 5) is 11.5. The zero-order valence-electron chi connectivity index (χ0n) is 14.2. The van der Waals surface area contributed by atoms with E-state index in [0.29, 0.717) is 23.4 Å². The summed E-state index contributed by atoms with van der Waals surface area (Å²) < 4.78 is 29.0. The van der Waals surface area contributed by atoms with Crippen molar-refractivity contribution < 1.29 is 22.7 Å². The Balaban J connectivity index is 2.51. The number of benzene rings is 1. The second-order valence-electron chi connectivity index (χ2n) is 5.84. The van der Waals surface area contributed by atoms with Gasteiger partial charge in [0.25, 0.3) is 0 Å². The lowest BCUT2D eigenvalue weighted by Gasteiger charge is -2.18. The lowest BCUT2D eigenvalue weighted by atomic mass is 10.0. The standard InChI is InChI=1S/C17H22N2O5S/c1-3-4-6-12-9-14(19-11(2)15-7-5-8-24-15)13(17(20)21)10-16(12)25(18,22)23/h5,7-11,19H,3-4,6H2,1-2H3,(H,20,21)(H2,18,22,23). The lowest BCUT2D eigenvalue weighted by Crippen LogP contribution is -2.18. The van der Waals surface area contributed by atoms with E-state index in [-0.39, 0.29) is 16.5 Å². The Hall–Kier alpha value is -2.32. The number of rotatable bonds is 8. The monoisotopic (exact) mass is 366 g/mol. The molecule has 4 N–H and O–H groups in total. The molecule has 1 aromatic carbocycles. The number of hydrogen-bond acceptors (Lipinski definition) is 5. The van der Waals surface area contributed by atoms with Crippen molar-refractivity contribution in [3.63, 3.8) is 0 Å². The second-order valence-corrected chi connectivity index (χ2v) is 7.37. The number of nitrogens with one attached hydrogen (secondary N) is 1. The molecule has 0 amide bonds. The molecule has 1 unspecified atom stereocenters. The molecular weight excluding hydrogens is 344 g/mol. The van der Waals surface area contributed by atoms with Crippen molar-refractivity contribution in [3.8, 4) is 0 Å². The molecule has 0 saturated heterocycles. The molecule has 2 rings (SSSR count). The highest BCUT2D eigenvalue weighted by atomic mass is 32.2. The molecule has 8 heteroatoms. The Morgan fingerprint density at radius 3 is 2.64 bits per heavy atom. The fourth-order valence-electron chi connectivity index (χ4n) is 2.59. The summed E-state index contributed by atoms with van der Waals surface area (Å²) in [6, 6.07) is 5.91. The van der Waals surface area contributed by atoms with Crippen LogP contribution in [-0.4, -0.2) is 19.5 Å². The summed E-state index contributed by atoms with van der Waals surface area (Å²) in [5, 5.41) is 17.8. The molecular formula is C17H22N2O5S. The summed E-state index contributed by atoms with van der Waals surface area (Å²) in [6.45, 7) is 3.81. The normalized spacial score (nSPS) is 12.8. The van der Waals surface area contributed by atoms with Crippen LogP contribution in [0.5, 0.6) is 0 Å². The van der Waals surface area contributed by atoms with Crippen molar-refractivity contribution in [2.75, 3.05) is 5.32 Å². The molecule has 0 radical (unpaired) electrons. The van der Waals surface area contributed by atoms with Crippen LogP contribution in [-0.2, 0) is 16.4 Å². The summed E-state index contributed by atoms with van der Waals surface area (Å²) in [7, 11) is -4.02. The maximum absolute atomic E-state index is 11.9. The Morgan fingerprint density at radius 1 is 1.40 bits per heavy atom. The largest absolute Gasteiger partial charge is 0.478 e. The zero-order chi connectivity index (χ0) is 18.6. The first-order chi connectivity index (χ1) is 11.7. The van der Waals surface area contributed by atoms with Crippen LogP contribution in [0.15, 0.2) is 39.8 Å². The van der Waals surface area contributed by atoms with Crippen LogP contribution >= 0.6 is 0 Å². The fourth-order valence-corrected chi connectivity index (χ4v) is 3.40. The predicted octanol–water partition coefficient (Wildman–Crippen LogP) is 3.14. The van der Waals surface area contributed by atoms with Gasteiger partial charge in [-0.25, -0.2) is 18.4 Å². The van der Waals surface area contributed by atoms with Gasteiger partial charge in [0, 0.05) is 5.69 Å². The van der Waals surface area contributed by atoms with Crippen molar-refractivity contribution >= 4 is 21.7 Å². The summed E-state index contributed by atoms with van der Waals surface area (Å²) >= 11 is 0. The first kappa shape index (κ1) is 19.0. The molecule has 0 bridgehead atoms. The number of sulfonamides is 1. The molecule has 2 aromatic rings. The van der Waals surface area contributed by atoms with E-state index in [1.165, 1.54) is 6.26 Å². The minimum absolute atomic E-state index is 0.144. The third kappa shape index (κ3) is 4.61. The smallest absolute Gasteiger partial charge is 0.337 e. The van der Waals surface area contributed by atoms with Crippen molar-refractivity contribution in [3.05, 3.63) is 47.4 Å². The van der Waals surface area contributed by atoms with Crippen LogP contribution in [0.2, 0.25) is 0 Å². The van der Waals surface area contributed by atoms with Gasteiger partial charge in [0.2, 0.25) is 10.0 Å². The molecule has 1 atom stereocenters. The number of unbranched alkanes of at least 4 members (excludes halogenated alkanes) is 1. The van der Waals surface area contributed by atoms with Gasteiger partial charge in [-0.2, -0.15) is 0 Å². The van der Waals surface area contributed by atoms with Gasteiger partial charge in [-0.05, 0) is 49.6 Å². The van der Waals surface area contributed by atoms with Gasteiger partial charge in [-0.1, -0.05) is 13.3 Å². The van der Waals surface area contributed by atoms with Crippen molar-refractivity contribution in [2.45, 2.75) is 44.0 Å². The molecule has 0 saturated carbocycles. The maximum Gasteiger partial charge on any atom is 0.337 e. The minimum atomic E-state index is -4.02. The SMILES string of the molecule is CCCCc1cc(NC(C)c2ccco2)c(C(=O)O)cc1S(N)(=O)=O. The highest BCUT2D eigenvalue weighted by Crippen LogP contribution is 2.29. The number of aryl methyl sites for hydroxylation is 1. The molecule has 0 spiro atoms. The third-order valence-electron chi connectivity index (χ3n) is 3.88. The average molecular weight is 366 g/mol. The highest BCUT2D eigenvalue weighted by molar-refractivity contribution is 7.89. The van der Waals surface area contributed by atoms with E-state index < -0.39 is 16.0 Å². The van der Waals surface area contributed by atoms with E-state index in [2.05, 4.69) is 5.32 Å². The number of carboxylic acid groups (broad SMARTS) is 1. The molecule has 1 aromatic heterocycles. The Labute approximate surface area is 146 Å². The van der Waals surface area contributed by atoms with Gasteiger partial charge in [0.15, 0.2) is 0 Å². The Morgan fingerprint density at radius 2 is 2.12 bits per heavy atom. The summed E-state index contributed by atoms with van der Waals surface area (Å²) in [6.07, 6.45) is 3.66. The number of primary sulfonamides is 1. The second kappa shape index (κ2) is 7.71. The number of aromatic carboxylic acids is 1.